The highest BCUT2D eigenvalue weighted by molar-refractivity contribution is 9.10. The van der Waals surface area contributed by atoms with E-state index in [0.717, 1.165) is 0 Å². The molecule has 1 nitrogen and oxygen atoms in total. The molecule has 19 heavy (non-hydrogen) atoms. The zero-order chi connectivity index (χ0) is 14.0. The van der Waals surface area contributed by atoms with Gasteiger partial charge in [-0.2, -0.15) is 0 Å². The summed E-state index contributed by atoms with van der Waals surface area (Å²) in [4.78, 5) is 12.0. The first-order valence-corrected chi connectivity index (χ1v) is 6.98. The Hall–Kier alpha value is -1.07. The lowest BCUT2D eigenvalue weighted by molar-refractivity contribution is 0.0989. The second-order valence-electron chi connectivity index (χ2n) is 3.97. The van der Waals surface area contributed by atoms with Crippen LogP contribution in [-0.2, 0) is 6.42 Å². The maximum Gasteiger partial charge on any atom is 0.170 e. The number of benzene rings is 2. The summed E-state index contributed by atoms with van der Waals surface area (Å²) in [6, 6.07) is 8.58. The summed E-state index contributed by atoms with van der Waals surface area (Å²) in [6.07, 6.45) is 0.0252. The molecule has 0 saturated carbocycles. The minimum absolute atomic E-state index is 0.0252. The predicted molar refractivity (Wildman–Crippen MR) is 76.2 cm³/mol. The monoisotopic (exact) mass is 388 g/mol. The first-order valence-electron chi connectivity index (χ1n) is 5.39. The Kier molecular flexibility index (Phi) is 4.47. The topological polar surface area (TPSA) is 17.1 Å². The van der Waals surface area contributed by atoms with Crippen molar-refractivity contribution < 1.29 is 13.6 Å². The van der Waals surface area contributed by atoms with Gasteiger partial charge in [-0.25, -0.2) is 8.78 Å². The maximum atomic E-state index is 13.6. The fraction of sp³-hybridized carbons (Fsp3) is 0.0714. The number of carbonyl (C=O) groups excluding carboxylic acids is 1. The van der Waals surface area contributed by atoms with Crippen molar-refractivity contribution in [2.24, 2.45) is 0 Å². The van der Waals surface area contributed by atoms with Crippen molar-refractivity contribution in [3.05, 3.63) is 68.1 Å². The first-order chi connectivity index (χ1) is 8.97. The molecule has 0 N–H and O–H groups in total. The number of carbonyl (C=O) groups is 1. The van der Waals surface area contributed by atoms with E-state index < -0.39 is 11.6 Å². The Balaban J connectivity index is 2.23. The third kappa shape index (κ3) is 3.48. The van der Waals surface area contributed by atoms with Gasteiger partial charge in [0.05, 0.1) is 10.0 Å². The van der Waals surface area contributed by atoms with Crippen LogP contribution in [0.25, 0.3) is 0 Å². The molecule has 0 heterocycles. The van der Waals surface area contributed by atoms with Crippen LogP contribution in [0.4, 0.5) is 8.78 Å². The summed E-state index contributed by atoms with van der Waals surface area (Å²) in [5, 5.41) is 0. The zero-order valence-electron chi connectivity index (χ0n) is 9.59. The lowest BCUT2D eigenvalue weighted by atomic mass is 10.0. The lowest BCUT2D eigenvalue weighted by Gasteiger charge is -2.04. The van der Waals surface area contributed by atoms with E-state index in [-0.39, 0.29) is 22.2 Å². The molecule has 0 amide bonds. The number of rotatable bonds is 3. The van der Waals surface area contributed by atoms with Crippen molar-refractivity contribution in [1.82, 2.24) is 0 Å². The molecule has 0 spiro atoms. The van der Waals surface area contributed by atoms with Gasteiger partial charge in [-0.05, 0) is 51.8 Å². The lowest BCUT2D eigenvalue weighted by Crippen LogP contribution is -2.06. The first kappa shape index (κ1) is 14.3. The smallest absolute Gasteiger partial charge is 0.170 e. The number of Topliss-reactive ketones (excluding diaryl/α,β-unsaturated/α-hetero) is 1. The molecule has 0 radical (unpaired) electrons. The molecule has 0 fully saturated rings. The highest BCUT2D eigenvalue weighted by Gasteiger charge is 2.13. The van der Waals surface area contributed by atoms with Gasteiger partial charge >= 0.3 is 0 Å². The van der Waals surface area contributed by atoms with Crippen molar-refractivity contribution in [2.45, 2.75) is 6.42 Å². The van der Waals surface area contributed by atoms with Gasteiger partial charge in [-0.15, -0.1) is 0 Å². The van der Waals surface area contributed by atoms with Crippen LogP contribution in [0.5, 0.6) is 0 Å². The Labute approximate surface area is 125 Å². The standard InChI is InChI=1S/C14H8Br2F2O/c15-9-2-3-10(13(18)7-9)14(19)6-8-1-4-12(17)11(16)5-8/h1-5,7H,6H2. The molecule has 2 rings (SSSR count). The third-order valence-corrected chi connectivity index (χ3v) is 3.68. The SMILES string of the molecule is O=C(Cc1ccc(F)c(Br)c1)c1ccc(Br)cc1F. The van der Waals surface area contributed by atoms with Crippen molar-refractivity contribution >= 4 is 37.6 Å². The van der Waals surface area contributed by atoms with Crippen LogP contribution < -0.4 is 0 Å². The summed E-state index contributed by atoms with van der Waals surface area (Å²) in [5.41, 5.74) is 0.657. The second-order valence-corrected chi connectivity index (χ2v) is 5.74. The minimum Gasteiger partial charge on any atom is -0.294 e. The molecule has 0 aliphatic rings. The molecular formula is C14H8Br2F2O. The normalized spacial score (nSPS) is 10.5. The van der Waals surface area contributed by atoms with Gasteiger partial charge in [0.15, 0.2) is 5.78 Å². The average molecular weight is 390 g/mol. The molecular weight excluding hydrogens is 382 g/mol. The summed E-state index contributed by atoms with van der Waals surface area (Å²) in [7, 11) is 0. The summed E-state index contributed by atoms with van der Waals surface area (Å²) >= 11 is 6.18. The summed E-state index contributed by atoms with van der Waals surface area (Å²) < 4.78 is 27.6. The van der Waals surface area contributed by atoms with Gasteiger partial charge in [0.1, 0.15) is 11.6 Å². The van der Waals surface area contributed by atoms with Gasteiger partial charge in [0.2, 0.25) is 0 Å². The maximum absolute atomic E-state index is 13.6. The number of ketones is 1. The Morgan fingerprint density at radius 3 is 2.37 bits per heavy atom. The van der Waals surface area contributed by atoms with Crippen molar-refractivity contribution in [3.63, 3.8) is 0 Å². The van der Waals surface area contributed by atoms with Crippen LogP contribution in [0, 0.1) is 11.6 Å². The Morgan fingerprint density at radius 1 is 1.00 bits per heavy atom. The van der Waals surface area contributed by atoms with Crippen LogP contribution in [-0.4, -0.2) is 5.78 Å². The van der Waals surface area contributed by atoms with E-state index in [2.05, 4.69) is 31.9 Å². The van der Waals surface area contributed by atoms with E-state index in [4.69, 9.17) is 0 Å². The highest BCUT2D eigenvalue weighted by atomic mass is 79.9. The van der Waals surface area contributed by atoms with Crippen LogP contribution in [0.1, 0.15) is 15.9 Å². The van der Waals surface area contributed by atoms with Crippen molar-refractivity contribution in [1.29, 1.82) is 0 Å². The van der Waals surface area contributed by atoms with Gasteiger partial charge in [-0.3, -0.25) is 4.79 Å². The largest absolute Gasteiger partial charge is 0.294 e. The van der Waals surface area contributed by atoms with E-state index in [1.54, 1.807) is 6.07 Å². The van der Waals surface area contributed by atoms with Crippen molar-refractivity contribution in [2.75, 3.05) is 0 Å². The molecule has 0 aromatic heterocycles. The van der Waals surface area contributed by atoms with Gasteiger partial charge < -0.3 is 0 Å². The van der Waals surface area contributed by atoms with E-state index in [1.165, 1.54) is 30.3 Å². The van der Waals surface area contributed by atoms with Crippen LogP contribution in [0.2, 0.25) is 0 Å². The molecule has 0 saturated heterocycles. The van der Waals surface area contributed by atoms with Crippen LogP contribution in [0.3, 0.4) is 0 Å². The Bertz CT molecular complexity index is 641. The second kappa shape index (κ2) is 5.92. The molecule has 0 aliphatic carbocycles. The summed E-state index contributed by atoms with van der Waals surface area (Å²) in [6.45, 7) is 0. The zero-order valence-corrected chi connectivity index (χ0v) is 12.8. The number of hydrogen-bond donors (Lipinski definition) is 0. The Morgan fingerprint density at radius 2 is 1.74 bits per heavy atom. The predicted octanol–water partition coefficient (Wildman–Crippen LogP) is 4.92. The van der Waals surface area contributed by atoms with Gasteiger partial charge in [0, 0.05) is 10.9 Å². The van der Waals surface area contributed by atoms with E-state index in [1.807, 2.05) is 0 Å². The quantitative estimate of drug-likeness (QED) is 0.681. The number of halogens is 4. The molecule has 0 unspecified atom stereocenters. The van der Waals surface area contributed by atoms with E-state index in [9.17, 15) is 13.6 Å². The minimum atomic E-state index is -0.569. The summed E-state index contributed by atoms with van der Waals surface area (Å²) in [5.74, 6) is -1.31. The molecule has 5 heteroatoms. The van der Waals surface area contributed by atoms with E-state index >= 15 is 0 Å². The van der Waals surface area contributed by atoms with E-state index in [0.29, 0.717) is 10.0 Å². The molecule has 0 atom stereocenters. The number of hydrogen-bond acceptors (Lipinski definition) is 1. The highest BCUT2D eigenvalue weighted by Crippen LogP contribution is 2.20. The fourth-order valence-electron chi connectivity index (χ4n) is 1.65. The molecule has 0 aliphatic heterocycles. The van der Waals surface area contributed by atoms with Gasteiger partial charge in [0.25, 0.3) is 0 Å². The van der Waals surface area contributed by atoms with Gasteiger partial charge in [-0.1, -0.05) is 22.0 Å². The van der Waals surface area contributed by atoms with Crippen LogP contribution in [0.15, 0.2) is 45.3 Å². The molecule has 2 aromatic rings. The molecule has 2 aromatic carbocycles. The third-order valence-electron chi connectivity index (χ3n) is 2.58. The van der Waals surface area contributed by atoms with Crippen LogP contribution >= 0.6 is 31.9 Å². The van der Waals surface area contributed by atoms with Crippen molar-refractivity contribution in [3.8, 4) is 0 Å². The fourth-order valence-corrected chi connectivity index (χ4v) is 2.41. The average Bonchev–Trinajstić information content (AvgIpc) is 2.33. The molecule has 98 valence electrons. The molecule has 0 bridgehead atoms.